The quantitative estimate of drug-likeness (QED) is 0.189. The second-order valence-electron chi connectivity index (χ2n) is 11.9. The van der Waals surface area contributed by atoms with Crippen molar-refractivity contribution in [2.24, 2.45) is 5.41 Å². The van der Waals surface area contributed by atoms with E-state index in [2.05, 4.69) is 5.32 Å². The lowest BCUT2D eigenvalue weighted by atomic mass is 9.92. The van der Waals surface area contributed by atoms with Crippen LogP contribution in [-0.4, -0.2) is 61.5 Å². The van der Waals surface area contributed by atoms with Crippen molar-refractivity contribution in [3.63, 3.8) is 0 Å². The Balaban J connectivity index is 1.56. The Morgan fingerprint density at radius 2 is 1.83 bits per heavy atom. The second kappa shape index (κ2) is 13.0. The number of hydrogen-bond acceptors (Lipinski definition) is 8. The number of aromatic carboxylic acids is 1. The number of nitrogens with one attached hydrogen (secondary N) is 1. The maximum Gasteiger partial charge on any atom is 0.371 e. The molecule has 3 N–H and O–H groups in total. The van der Waals surface area contributed by atoms with Gasteiger partial charge in [-0.2, -0.15) is 0 Å². The van der Waals surface area contributed by atoms with Crippen molar-refractivity contribution in [2.45, 2.75) is 39.4 Å². The molecule has 2 amide bonds. The smallest absolute Gasteiger partial charge is 0.371 e. The Labute approximate surface area is 270 Å². The Kier molecular flexibility index (Phi) is 9.29. The van der Waals surface area contributed by atoms with Crippen LogP contribution in [0.25, 0.3) is 11.0 Å². The summed E-state index contributed by atoms with van der Waals surface area (Å²) < 4.78 is 23.2. The molecule has 3 aromatic carbocycles. The molecule has 0 bridgehead atoms. The predicted octanol–water partition coefficient (Wildman–Crippen LogP) is 5.98. The van der Waals surface area contributed by atoms with E-state index in [1.807, 2.05) is 13.8 Å². The van der Waals surface area contributed by atoms with E-state index >= 15 is 0 Å². The molecule has 11 nitrogen and oxygen atoms in total. The summed E-state index contributed by atoms with van der Waals surface area (Å²) in [5.74, 6) is -1.57. The summed E-state index contributed by atoms with van der Waals surface area (Å²) in [6.45, 7) is 5.33. The lowest BCUT2D eigenvalue weighted by Crippen LogP contribution is -2.46. The van der Waals surface area contributed by atoms with E-state index in [0.29, 0.717) is 55.6 Å². The van der Waals surface area contributed by atoms with Crippen LogP contribution in [0.5, 0.6) is 11.5 Å². The fourth-order valence-corrected chi connectivity index (χ4v) is 5.77. The van der Waals surface area contributed by atoms with Crippen LogP contribution in [0.4, 0.5) is 11.4 Å². The molecule has 0 saturated heterocycles. The zero-order valence-electron chi connectivity index (χ0n) is 26.0. The van der Waals surface area contributed by atoms with Crippen LogP contribution in [0.15, 0.2) is 59.0 Å². The van der Waals surface area contributed by atoms with E-state index in [0.717, 1.165) is 0 Å². The number of fused-ring (bicyclic) bond motifs is 2. The van der Waals surface area contributed by atoms with Gasteiger partial charge in [0.1, 0.15) is 17.8 Å². The van der Waals surface area contributed by atoms with Gasteiger partial charge in [0.25, 0.3) is 5.91 Å². The molecule has 1 aromatic heterocycles. The standard InChI is InChI=1S/C34H35ClN2O9/c1-18-11-21(12-19-13-27(33(41)42)46-29(18)19)36-28(39)15-26-32(40)37(16-34(2,3)17-38)24-10-9-20(35)14-23(24)30(45-26)22-7-6-8-25(43-4)31(22)44-5/h6-14,26,30,38H,15-17H2,1-5H3,(H,36,39)(H,41,42)/t26-,30-/m1/s1. The van der Waals surface area contributed by atoms with Crippen molar-refractivity contribution in [3.8, 4) is 11.5 Å². The third-order valence-corrected chi connectivity index (χ3v) is 8.04. The number of hydrogen-bond donors (Lipinski definition) is 3. The second-order valence-corrected chi connectivity index (χ2v) is 12.4. The summed E-state index contributed by atoms with van der Waals surface area (Å²) in [5.41, 5.74) is 2.36. The average Bonchev–Trinajstić information content (AvgIpc) is 3.43. The highest BCUT2D eigenvalue weighted by molar-refractivity contribution is 6.30. The van der Waals surface area contributed by atoms with Gasteiger partial charge in [-0.15, -0.1) is 0 Å². The normalized spacial score (nSPS) is 16.6. The van der Waals surface area contributed by atoms with Crippen LogP contribution in [0.1, 0.15) is 53.6 Å². The van der Waals surface area contributed by atoms with Crippen molar-refractivity contribution in [2.75, 3.05) is 37.6 Å². The van der Waals surface area contributed by atoms with Gasteiger partial charge in [0.15, 0.2) is 11.5 Å². The van der Waals surface area contributed by atoms with Gasteiger partial charge in [0.05, 0.1) is 20.6 Å². The first-order valence-corrected chi connectivity index (χ1v) is 14.9. The van der Waals surface area contributed by atoms with Gasteiger partial charge in [-0.3, -0.25) is 9.59 Å². The number of benzene rings is 3. The molecule has 2 atom stereocenters. The molecule has 12 heteroatoms. The number of para-hydroxylation sites is 1. The van der Waals surface area contributed by atoms with Crippen LogP contribution in [-0.2, 0) is 14.3 Å². The van der Waals surface area contributed by atoms with E-state index in [4.69, 9.17) is 30.2 Å². The Hall–Kier alpha value is -4.58. The topological polar surface area (TPSA) is 148 Å². The van der Waals surface area contributed by atoms with Crippen molar-refractivity contribution in [1.82, 2.24) is 0 Å². The highest BCUT2D eigenvalue weighted by atomic mass is 35.5. The number of aliphatic hydroxyl groups excluding tert-OH is 1. The maximum absolute atomic E-state index is 14.3. The molecule has 0 radical (unpaired) electrons. The minimum Gasteiger partial charge on any atom is -0.493 e. The number of carbonyl (C=O) groups is 3. The minimum absolute atomic E-state index is 0.128. The SMILES string of the molecule is COc1cccc([C@H]2O[C@H](CC(=O)Nc3cc(C)c4oc(C(=O)O)cc4c3)C(=O)N(CC(C)(C)CO)c3ccc(Cl)cc32)c1OC. The Morgan fingerprint density at radius 3 is 2.50 bits per heavy atom. The molecule has 242 valence electrons. The predicted molar refractivity (Wildman–Crippen MR) is 172 cm³/mol. The summed E-state index contributed by atoms with van der Waals surface area (Å²) in [5, 5.41) is 23.2. The third kappa shape index (κ3) is 6.53. The van der Waals surface area contributed by atoms with Gasteiger partial charge in [-0.05, 0) is 55.0 Å². The fourth-order valence-electron chi connectivity index (χ4n) is 5.59. The number of halogens is 1. The number of methoxy groups -OCH3 is 2. The molecule has 2 heterocycles. The molecule has 1 aliphatic heterocycles. The van der Waals surface area contributed by atoms with Crippen LogP contribution in [0.2, 0.25) is 5.02 Å². The highest BCUT2D eigenvalue weighted by Crippen LogP contribution is 2.45. The zero-order chi connectivity index (χ0) is 33.3. The molecule has 46 heavy (non-hydrogen) atoms. The van der Waals surface area contributed by atoms with Crippen molar-refractivity contribution >= 4 is 51.7 Å². The molecule has 0 saturated carbocycles. The molecule has 1 aliphatic rings. The number of carbonyl (C=O) groups excluding carboxylic acids is 2. The largest absolute Gasteiger partial charge is 0.493 e. The Bertz CT molecular complexity index is 1820. The van der Waals surface area contributed by atoms with E-state index < -0.39 is 35.4 Å². The van der Waals surface area contributed by atoms with Crippen molar-refractivity contribution in [3.05, 3.63) is 82.1 Å². The molecule has 5 rings (SSSR count). The molecular weight excluding hydrogens is 616 g/mol. The van der Waals surface area contributed by atoms with Crippen LogP contribution < -0.4 is 19.7 Å². The molecule has 0 aliphatic carbocycles. The highest BCUT2D eigenvalue weighted by Gasteiger charge is 2.40. The third-order valence-electron chi connectivity index (χ3n) is 7.80. The van der Waals surface area contributed by atoms with Gasteiger partial charge >= 0.3 is 5.97 Å². The molecule has 4 aromatic rings. The summed E-state index contributed by atoms with van der Waals surface area (Å²) >= 11 is 6.49. The number of aryl methyl sites for hydroxylation is 1. The van der Waals surface area contributed by atoms with E-state index in [1.165, 1.54) is 25.2 Å². The molecular formula is C34H35ClN2O9. The number of furan rings is 1. The molecule has 0 fully saturated rings. The fraction of sp³-hybridized carbons (Fsp3) is 0.324. The molecule has 0 spiro atoms. The van der Waals surface area contributed by atoms with Gasteiger partial charge in [-0.1, -0.05) is 37.6 Å². The van der Waals surface area contributed by atoms with E-state index in [1.54, 1.807) is 55.5 Å². The van der Waals surface area contributed by atoms with Gasteiger partial charge in [0.2, 0.25) is 11.7 Å². The summed E-state index contributed by atoms with van der Waals surface area (Å²) in [6, 6.07) is 15.0. The summed E-state index contributed by atoms with van der Waals surface area (Å²) in [4.78, 5) is 40.8. The number of nitrogens with zero attached hydrogens (tertiary/aromatic N) is 1. The van der Waals surface area contributed by atoms with Crippen molar-refractivity contribution in [1.29, 1.82) is 0 Å². The molecule has 0 unspecified atom stereocenters. The summed E-state index contributed by atoms with van der Waals surface area (Å²) in [7, 11) is 3.02. The first-order valence-electron chi connectivity index (χ1n) is 14.5. The number of carboxylic acid groups (broad SMARTS) is 1. The van der Waals surface area contributed by atoms with Crippen LogP contribution in [0, 0.1) is 12.3 Å². The van der Waals surface area contributed by atoms with Gasteiger partial charge in [0, 0.05) is 51.5 Å². The maximum atomic E-state index is 14.3. The van der Waals surface area contributed by atoms with Crippen LogP contribution >= 0.6 is 11.6 Å². The first kappa shape index (κ1) is 32.8. The average molecular weight is 651 g/mol. The van der Waals surface area contributed by atoms with Gasteiger partial charge in [-0.25, -0.2) is 4.79 Å². The monoisotopic (exact) mass is 650 g/mol. The van der Waals surface area contributed by atoms with E-state index in [-0.39, 0.29) is 25.3 Å². The van der Waals surface area contributed by atoms with Crippen LogP contribution in [0.3, 0.4) is 0 Å². The zero-order valence-corrected chi connectivity index (χ0v) is 26.8. The lowest BCUT2D eigenvalue weighted by molar-refractivity contribution is -0.136. The number of carboxylic acids is 1. The summed E-state index contributed by atoms with van der Waals surface area (Å²) in [6.07, 6.45) is -2.52. The van der Waals surface area contributed by atoms with Crippen molar-refractivity contribution < 1.29 is 43.2 Å². The van der Waals surface area contributed by atoms with E-state index in [9.17, 15) is 24.6 Å². The number of amides is 2. The number of ether oxygens (including phenoxy) is 3. The minimum atomic E-state index is -1.26. The number of rotatable bonds is 10. The number of aliphatic hydroxyl groups is 1. The number of anilines is 2. The Morgan fingerprint density at radius 1 is 1.07 bits per heavy atom. The van der Waals surface area contributed by atoms with Gasteiger partial charge < -0.3 is 39.1 Å². The lowest BCUT2D eigenvalue weighted by Gasteiger charge is -2.32. The first-order chi connectivity index (χ1) is 21.8.